The van der Waals surface area contributed by atoms with Gasteiger partial charge in [-0.1, -0.05) is 38.1 Å². The summed E-state index contributed by atoms with van der Waals surface area (Å²) in [7, 11) is 1.42. The monoisotopic (exact) mass is 536 g/mol. The molecule has 2 rings (SSSR count). The lowest BCUT2D eigenvalue weighted by Gasteiger charge is -2.26. The van der Waals surface area contributed by atoms with Crippen molar-refractivity contribution in [1.29, 1.82) is 0 Å². The number of benzene rings is 2. The van der Waals surface area contributed by atoms with Crippen molar-refractivity contribution in [3.8, 4) is 5.75 Å². The Hall–Kier alpha value is -3.93. The normalized spacial score (nSPS) is 13.7. The van der Waals surface area contributed by atoms with Crippen molar-refractivity contribution in [3.63, 3.8) is 0 Å². The molecular weight excluding hydrogens is 505 g/mol. The van der Waals surface area contributed by atoms with E-state index in [9.17, 15) is 32.3 Å². The first-order valence-corrected chi connectivity index (χ1v) is 11.7. The molecule has 2 aromatic rings. The molecule has 12 heteroatoms. The molecule has 206 valence electrons. The molecule has 0 aliphatic rings. The maximum absolute atomic E-state index is 13.1. The Morgan fingerprint density at radius 3 is 1.92 bits per heavy atom. The second-order valence-corrected chi connectivity index (χ2v) is 8.90. The van der Waals surface area contributed by atoms with Gasteiger partial charge in [-0.2, -0.15) is 13.2 Å². The van der Waals surface area contributed by atoms with Crippen molar-refractivity contribution in [2.24, 2.45) is 11.7 Å². The van der Waals surface area contributed by atoms with Crippen LogP contribution in [0, 0.1) is 5.92 Å². The number of methoxy groups -OCH3 is 1. The van der Waals surface area contributed by atoms with Crippen LogP contribution in [0.25, 0.3) is 0 Å². The van der Waals surface area contributed by atoms with Gasteiger partial charge < -0.3 is 26.4 Å². The maximum atomic E-state index is 13.1. The molecule has 0 fully saturated rings. The first kappa shape index (κ1) is 30.3. The molecule has 3 atom stereocenters. The minimum Gasteiger partial charge on any atom is -0.497 e. The number of nitrogens with two attached hydrogens (primary N) is 1. The third-order valence-electron chi connectivity index (χ3n) is 5.72. The van der Waals surface area contributed by atoms with Crippen LogP contribution in [-0.4, -0.2) is 48.9 Å². The van der Waals surface area contributed by atoms with E-state index >= 15 is 0 Å². The molecule has 5 N–H and O–H groups in total. The topological polar surface area (TPSA) is 140 Å². The van der Waals surface area contributed by atoms with Crippen LogP contribution in [0.5, 0.6) is 5.75 Å². The zero-order valence-electron chi connectivity index (χ0n) is 21.4. The van der Waals surface area contributed by atoms with Gasteiger partial charge in [0, 0.05) is 12.1 Å². The summed E-state index contributed by atoms with van der Waals surface area (Å²) in [6.45, 7) is 4.39. The molecule has 9 nitrogen and oxygen atoms in total. The van der Waals surface area contributed by atoms with Gasteiger partial charge in [0.15, 0.2) is 0 Å². The molecule has 0 saturated heterocycles. The number of alkyl halides is 3. The second kappa shape index (κ2) is 13.0. The highest BCUT2D eigenvalue weighted by molar-refractivity contribution is 5.99. The number of carbonyl (C=O) groups excluding carboxylic acids is 4. The van der Waals surface area contributed by atoms with Crippen LogP contribution >= 0.6 is 0 Å². The highest BCUT2D eigenvalue weighted by atomic mass is 19.4. The molecule has 0 radical (unpaired) electrons. The molecule has 2 aromatic carbocycles. The van der Waals surface area contributed by atoms with E-state index in [1.54, 1.807) is 24.3 Å². The van der Waals surface area contributed by atoms with Crippen LogP contribution in [0.2, 0.25) is 0 Å². The zero-order chi connectivity index (χ0) is 28.6. The Bertz CT molecular complexity index is 1140. The Labute approximate surface area is 218 Å². The number of ketones is 1. The van der Waals surface area contributed by atoms with E-state index < -0.39 is 53.7 Å². The van der Waals surface area contributed by atoms with Gasteiger partial charge in [-0.25, -0.2) is 0 Å². The van der Waals surface area contributed by atoms with Gasteiger partial charge in [0.25, 0.3) is 11.7 Å². The smallest absolute Gasteiger partial charge is 0.452 e. The van der Waals surface area contributed by atoms with Gasteiger partial charge in [0.05, 0.1) is 13.2 Å². The first-order chi connectivity index (χ1) is 17.8. The van der Waals surface area contributed by atoms with Crippen molar-refractivity contribution >= 4 is 23.5 Å². The summed E-state index contributed by atoms with van der Waals surface area (Å²) in [5.74, 6) is -4.93. The quantitative estimate of drug-likeness (QED) is 0.348. The van der Waals surface area contributed by atoms with Gasteiger partial charge in [-0.15, -0.1) is 0 Å². The van der Waals surface area contributed by atoms with Gasteiger partial charge in [0.2, 0.25) is 11.8 Å². The van der Waals surface area contributed by atoms with Crippen molar-refractivity contribution in [1.82, 2.24) is 16.0 Å². The van der Waals surface area contributed by atoms with Crippen molar-refractivity contribution < 1.29 is 37.1 Å². The van der Waals surface area contributed by atoms with Crippen molar-refractivity contribution in [2.45, 2.75) is 51.6 Å². The lowest BCUT2D eigenvalue weighted by atomic mass is 9.97. The Kier molecular flexibility index (Phi) is 10.4. The van der Waals surface area contributed by atoms with E-state index in [0.29, 0.717) is 12.3 Å². The fourth-order valence-electron chi connectivity index (χ4n) is 3.45. The Balaban J connectivity index is 2.25. The number of Topliss-reactive ketones (excluding diaryl/α,β-unsaturated/α-hetero) is 1. The largest absolute Gasteiger partial charge is 0.497 e. The maximum Gasteiger partial charge on any atom is 0.452 e. The Morgan fingerprint density at radius 2 is 1.45 bits per heavy atom. The predicted octanol–water partition coefficient (Wildman–Crippen LogP) is 2.40. The highest BCUT2D eigenvalue weighted by Gasteiger charge is 2.45. The number of rotatable bonds is 11. The molecular formula is C26H31F3N4O5. The minimum atomic E-state index is -5.16. The van der Waals surface area contributed by atoms with Crippen molar-refractivity contribution in [2.75, 3.05) is 7.11 Å². The second-order valence-electron chi connectivity index (χ2n) is 8.90. The molecule has 0 aliphatic carbocycles. The molecule has 0 bridgehead atoms. The minimum absolute atomic E-state index is 0.217. The number of hydrogen-bond donors (Lipinski definition) is 4. The summed E-state index contributed by atoms with van der Waals surface area (Å²) >= 11 is 0. The van der Waals surface area contributed by atoms with E-state index in [4.69, 9.17) is 10.5 Å². The molecule has 0 spiro atoms. The fourth-order valence-corrected chi connectivity index (χ4v) is 3.45. The number of halogens is 3. The fraction of sp³-hybridized carbons (Fsp3) is 0.385. The summed E-state index contributed by atoms with van der Waals surface area (Å²) in [6, 6.07) is 7.84. The van der Waals surface area contributed by atoms with E-state index in [1.165, 1.54) is 52.1 Å². The van der Waals surface area contributed by atoms with Gasteiger partial charge in [-0.3, -0.25) is 19.2 Å². The first-order valence-electron chi connectivity index (χ1n) is 11.7. The van der Waals surface area contributed by atoms with E-state index in [2.05, 4.69) is 16.0 Å². The van der Waals surface area contributed by atoms with Crippen LogP contribution in [0.4, 0.5) is 13.2 Å². The lowest BCUT2D eigenvalue weighted by molar-refractivity contribution is -0.175. The van der Waals surface area contributed by atoms with Crippen LogP contribution in [0.15, 0.2) is 48.5 Å². The standard InChI is InChI=1S/C26H31F3N4O5/c1-14(2)20(22(34)26(27,28)29)32-25(37)21(17-9-11-19(38-4)12-10-17)33-23(35)15(3)31-24(36)18-7-5-16(13-30)6-8-18/h5-12,14-15,20-21H,13,30H2,1-4H3,(H,31,36)(H,32,37)(H,33,35)/t15-,20-,21-/m0/s1. The van der Waals surface area contributed by atoms with Gasteiger partial charge in [0.1, 0.15) is 17.8 Å². The summed E-state index contributed by atoms with van der Waals surface area (Å²) in [4.78, 5) is 50.5. The molecule has 38 heavy (non-hydrogen) atoms. The molecule has 0 heterocycles. The van der Waals surface area contributed by atoms with Crippen molar-refractivity contribution in [3.05, 3.63) is 65.2 Å². The molecule has 0 unspecified atom stereocenters. The average Bonchev–Trinajstić information content (AvgIpc) is 2.88. The highest BCUT2D eigenvalue weighted by Crippen LogP contribution is 2.23. The lowest BCUT2D eigenvalue weighted by Crippen LogP contribution is -2.54. The number of amides is 3. The summed E-state index contributed by atoms with van der Waals surface area (Å²) in [5.41, 5.74) is 6.85. The average molecular weight is 537 g/mol. The molecule has 0 aliphatic heterocycles. The van der Waals surface area contributed by atoms with Crippen LogP contribution in [-0.2, 0) is 20.9 Å². The molecule has 3 amide bonds. The van der Waals surface area contributed by atoms with Gasteiger partial charge >= 0.3 is 6.18 Å². The van der Waals surface area contributed by atoms with Gasteiger partial charge in [-0.05, 0) is 48.2 Å². The van der Waals surface area contributed by atoms with E-state index in [0.717, 1.165) is 5.56 Å². The van der Waals surface area contributed by atoms with Crippen LogP contribution in [0.3, 0.4) is 0 Å². The number of nitrogens with one attached hydrogen (secondary N) is 3. The van der Waals surface area contributed by atoms with Crippen LogP contribution in [0.1, 0.15) is 48.3 Å². The van der Waals surface area contributed by atoms with E-state index in [1.807, 2.05) is 0 Å². The Morgan fingerprint density at radius 1 is 0.868 bits per heavy atom. The zero-order valence-corrected chi connectivity index (χ0v) is 21.4. The third kappa shape index (κ3) is 8.04. The van der Waals surface area contributed by atoms with E-state index in [-0.39, 0.29) is 11.1 Å². The third-order valence-corrected chi connectivity index (χ3v) is 5.72. The summed E-state index contributed by atoms with van der Waals surface area (Å²) in [6.07, 6.45) is -5.16. The number of carbonyl (C=O) groups is 4. The van der Waals surface area contributed by atoms with Crippen LogP contribution < -0.4 is 26.4 Å². The summed E-state index contributed by atoms with van der Waals surface area (Å²) < 4.78 is 44.4. The molecule has 0 aromatic heterocycles. The summed E-state index contributed by atoms with van der Waals surface area (Å²) in [5, 5.41) is 7.08. The number of hydrogen-bond acceptors (Lipinski definition) is 6. The molecule has 0 saturated carbocycles. The number of ether oxygens (including phenoxy) is 1. The SMILES string of the molecule is COc1ccc([C@H](NC(=O)[C@H](C)NC(=O)c2ccc(CN)cc2)C(=O)N[C@H](C(=O)C(F)(F)F)C(C)C)cc1. The predicted molar refractivity (Wildman–Crippen MR) is 133 cm³/mol.